The Morgan fingerprint density at radius 3 is 1.35 bits per heavy atom. The lowest BCUT2D eigenvalue weighted by molar-refractivity contribution is 1.31. The van der Waals surface area contributed by atoms with E-state index in [1.54, 1.807) is 0 Å². The molecule has 12 rings (SSSR count). The minimum absolute atomic E-state index is 0.824. The minimum atomic E-state index is 0.824. The van der Waals surface area contributed by atoms with Crippen molar-refractivity contribution in [2.75, 3.05) is 0 Å². The molecule has 12 aromatic rings. The SMILES string of the molecule is c1ccc(-c2ccc3ccc4ccc(-c5ccc(-c6ccc7cc(-c8ccc9ccc(-c%10ccc%11ccc%12cccnc%12c%11n%10)nc9c8)ccc7n6)cc5)nc4c3n2)cc1. The molecule has 0 unspecified atom stereocenters. The Morgan fingerprint density at radius 1 is 0.233 bits per heavy atom. The van der Waals surface area contributed by atoms with Gasteiger partial charge in [-0.3, -0.25) is 4.98 Å². The number of pyridine rings is 6. The molecule has 0 radical (unpaired) electrons. The van der Waals surface area contributed by atoms with E-state index in [1.165, 1.54) is 0 Å². The van der Waals surface area contributed by atoms with Crippen molar-refractivity contribution in [2.45, 2.75) is 0 Å². The molecule has 6 aromatic heterocycles. The Morgan fingerprint density at radius 2 is 0.667 bits per heavy atom. The van der Waals surface area contributed by atoms with E-state index in [2.05, 4.69) is 157 Å². The molecule has 278 valence electrons. The number of benzene rings is 6. The zero-order chi connectivity index (χ0) is 39.6. The maximum atomic E-state index is 5.15. The molecule has 0 amide bonds. The van der Waals surface area contributed by atoms with Gasteiger partial charge in [0.25, 0.3) is 0 Å². The van der Waals surface area contributed by atoms with Gasteiger partial charge in [-0.15, -0.1) is 0 Å². The second-order valence-electron chi connectivity index (χ2n) is 15.2. The van der Waals surface area contributed by atoms with Gasteiger partial charge in [0.15, 0.2) is 0 Å². The van der Waals surface area contributed by atoms with Crippen LogP contribution in [0.1, 0.15) is 0 Å². The largest absolute Gasteiger partial charge is 0.254 e. The zero-order valence-corrected chi connectivity index (χ0v) is 32.2. The number of fused-ring (bicyclic) bond motifs is 8. The average molecular weight is 765 g/mol. The monoisotopic (exact) mass is 764 g/mol. The maximum absolute atomic E-state index is 5.15. The van der Waals surface area contributed by atoms with Gasteiger partial charge in [0.05, 0.1) is 61.6 Å². The molecule has 0 aliphatic rings. The molecule has 0 aliphatic heterocycles. The van der Waals surface area contributed by atoms with Crippen molar-refractivity contribution in [1.82, 2.24) is 29.9 Å². The predicted octanol–water partition coefficient (Wildman–Crippen LogP) is 13.3. The van der Waals surface area contributed by atoms with Crippen LogP contribution < -0.4 is 0 Å². The molecule has 6 nitrogen and oxygen atoms in total. The summed E-state index contributed by atoms with van der Waals surface area (Å²) in [5.74, 6) is 0. The Bertz CT molecular complexity index is 3660. The normalized spacial score (nSPS) is 11.7. The highest BCUT2D eigenvalue weighted by Crippen LogP contribution is 2.33. The highest BCUT2D eigenvalue weighted by atomic mass is 14.8. The molecule has 6 heteroatoms. The van der Waals surface area contributed by atoms with E-state index in [0.29, 0.717) is 0 Å². The molecule has 0 aliphatic carbocycles. The minimum Gasteiger partial charge on any atom is -0.254 e. The summed E-state index contributed by atoms with van der Waals surface area (Å²) in [4.78, 5) is 30.1. The maximum Gasteiger partial charge on any atom is 0.0972 e. The van der Waals surface area contributed by atoms with Crippen molar-refractivity contribution < 1.29 is 0 Å². The van der Waals surface area contributed by atoms with Crippen LogP contribution in [0.3, 0.4) is 0 Å². The Hall–Kier alpha value is -8.22. The molecule has 0 N–H and O–H groups in total. The van der Waals surface area contributed by atoms with Crippen LogP contribution in [0.15, 0.2) is 194 Å². The predicted molar refractivity (Wildman–Crippen MR) is 245 cm³/mol. The first-order chi connectivity index (χ1) is 29.7. The molecule has 0 saturated heterocycles. The Labute approximate surface area is 344 Å². The molecule has 60 heavy (non-hydrogen) atoms. The van der Waals surface area contributed by atoms with Crippen molar-refractivity contribution in [3.8, 4) is 56.3 Å². The summed E-state index contributed by atoms with van der Waals surface area (Å²) in [5, 5.41) is 6.42. The van der Waals surface area contributed by atoms with E-state index in [1.807, 2.05) is 42.6 Å². The Balaban J connectivity index is 0.825. The van der Waals surface area contributed by atoms with Crippen molar-refractivity contribution >= 4 is 65.4 Å². The summed E-state index contributed by atoms with van der Waals surface area (Å²) in [6.07, 6.45) is 1.82. The zero-order valence-electron chi connectivity index (χ0n) is 32.2. The fourth-order valence-corrected chi connectivity index (χ4v) is 8.28. The first-order valence-electron chi connectivity index (χ1n) is 20.0. The molecular weight excluding hydrogens is 733 g/mol. The fourth-order valence-electron chi connectivity index (χ4n) is 8.28. The second kappa shape index (κ2) is 13.7. The van der Waals surface area contributed by atoms with Gasteiger partial charge in [0.2, 0.25) is 0 Å². The third kappa shape index (κ3) is 5.89. The highest BCUT2D eigenvalue weighted by Gasteiger charge is 2.12. The lowest BCUT2D eigenvalue weighted by atomic mass is 10.0. The van der Waals surface area contributed by atoms with Gasteiger partial charge in [-0.1, -0.05) is 133 Å². The second-order valence-corrected chi connectivity index (χ2v) is 15.2. The van der Waals surface area contributed by atoms with Crippen LogP contribution in [0.25, 0.3) is 122 Å². The van der Waals surface area contributed by atoms with Gasteiger partial charge >= 0.3 is 0 Å². The number of nitrogens with zero attached hydrogens (tertiary/aromatic N) is 6. The van der Waals surface area contributed by atoms with Gasteiger partial charge in [0.1, 0.15) is 0 Å². The third-order valence-corrected chi connectivity index (χ3v) is 11.5. The van der Waals surface area contributed by atoms with Crippen LogP contribution in [0.2, 0.25) is 0 Å². The molecule has 0 atom stereocenters. The smallest absolute Gasteiger partial charge is 0.0972 e. The third-order valence-electron chi connectivity index (χ3n) is 11.5. The van der Waals surface area contributed by atoms with Crippen LogP contribution in [-0.2, 0) is 0 Å². The van der Waals surface area contributed by atoms with E-state index < -0.39 is 0 Å². The van der Waals surface area contributed by atoms with Gasteiger partial charge < -0.3 is 0 Å². The first-order valence-corrected chi connectivity index (χ1v) is 20.0. The van der Waals surface area contributed by atoms with E-state index >= 15 is 0 Å². The summed E-state index contributed by atoms with van der Waals surface area (Å²) < 4.78 is 0. The van der Waals surface area contributed by atoms with Crippen LogP contribution in [0, 0.1) is 0 Å². The first kappa shape index (κ1) is 33.9. The standard InChI is InChI=1S/C54H32N6/c1-2-5-33(6-3-1)45-24-19-39-15-16-40-20-25-46(59-54(40)53(39)58-45)35-10-8-34(9-11-35)44-27-23-43-31-41(22-26-47(43)56-44)42-17-12-36-18-28-48(57-50(36)32-42)49-29-21-38-14-13-37-7-4-30-55-51(37)52(38)60-49/h1-32H. The Kier molecular flexibility index (Phi) is 7.74. The van der Waals surface area contributed by atoms with Crippen molar-refractivity contribution in [2.24, 2.45) is 0 Å². The lowest BCUT2D eigenvalue weighted by Crippen LogP contribution is -1.92. The van der Waals surface area contributed by atoms with E-state index in [0.717, 1.165) is 122 Å². The van der Waals surface area contributed by atoms with Gasteiger partial charge in [0, 0.05) is 55.2 Å². The molecule has 0 spiro atoms. The van der Waals surface area contributed by atoms with Crippen LogP contribution in [0.4, 0.5) is 0 Å². The molecule has 6 aromatic carbocycles. The quantitative estimate of drug-likeness (QED) is 0.162. The number of hydrogen-bond donors (Lipinski definition) is 0. The van der Waals surface area contributed by atoms with E-state index in [-0.39, 0.29) is 0 Å². The van der Waals surface area contributed by atoms with E-state index in [9.17, 15) is 0 Å². The summed E-state index contributed by atoms with van der Waals surface area (Å²) in [7, 11) is 0. The molecule has 0 fully saturated rings. The number of rotatable bonds is 5. The summed E-state index contributed by atoms with van der Waals surface area (Å²) in [6, 6.07) is 65.1. The molecule has 0 bridgehead atoms. The van der Waals surface area contributed by atoms with Crippen molar-refractivity contribution in [3.63, 3.8) is 0 Å². The topological polar surface area (TPSA) is 77.3 Å². The van der Waals surface area contributed by atoms with Crippen molar-refractivity contribution in [1.29, 1.82) is 0 Å². The van der Waals surface area contributed by atoms with Gasteiger partial charge in [-0.2, -0.15) is 0 Å². The van der Waals surface area contributed by atoms with E-state index in [4.69, 9.17) is 24.9 Å². The lowest BCUT2D eigenvalue weighted by Gasteiger charge is -2.10. The summed E-state index contributed by atoms with van der Waals surface area (Å²) >= 11 is 0. The molecule has 0 saturated carbocycles. The molecular formula is C54H32N6. The summed E-state index contributed by atoms with van der Waals surface area (Å²) in [6.45, 7) is 0. The van der Waals surface area contributed by atoms with Crippen LogP contribution in [0.5, 0.6) is 0 Å². The highest BCUT2D eigenvalue weighted by molar-refractivity contribution is 6.05. The van der Waals surface area contributed by atoms with Crippen LogP contribution >= 0.6 is 0 Å². The summed E-state index contributed by atoms with van der Waals surface area (Å²) in [5.41, 5.74) is 15.3. The van der Waals surface area contributed by atoms with Crippen molar-refractivity contribution in [3.05, 3.63) is 194 Å². The molecule has 6 heterocycles. The van der Waals surface area contributed by atoms with Gasteiger partial charge in [-0.05, 0) is 65.7 Å². The number of hydrogen-bond acceptors (Lipinski definition) is 6. The van der Waals surface area contributed by atoms with Gasteiger partial charge in [-0.25, -0.2) is 24.9 Å². The number of aromatic nitrogens is 6. The van der Waals surface area contributed by atoms with Crippen LogP contribution in [-0.4, -0.2) is 29.9 Å². The average Bonchev–Trinajstić information content (AvgIpc) is 3.33. The fraction of sp³-hybridized carbons (Fsp3) is 0.